The van der Waals surface area contributed by atoms with E-state index in [1.165, 1.54) is 71.2 Å². The largest absolute Gasteiger partial charge is 0.299 e. The molecule has 104 valence electrons. The van der Waals surface area contributed by atoms with Gasteiger partial charge in [-0.1, -0.05) is 18.9 Å². The summed E-state index contributed by atoms with van der Waals surface area (Å²) in [5.41, 5.74) is 1.64. The van der Waals surface area contributed by atoms with Gasteiger partial charge in [0, 0.05) is 12.6 Å². The van der Waals surface area contributed by atoms with E-state index in [9.17, 15) is 0 Å². The van der Waals surface area contributed by atoms with Crippen molar-refractivity contribution in [2.24, 2.45) is 0 Å². The Morgan fingerprint density at radius 3 is 2.06 bits per heavy atom. The maximum atomic E-state index is 2.68. The highest BCUT2D eigenvalue weighted by Gasteiger charge is 2.21. The molecule has 0 aliphatic carbocycles. The third-order valence-corrected chi connectivity index (χ3v) is 4.70. The molecule has 2 nitrogen and oxygen atoms in total. The Kier molecular flexibility index (Phi) is 5.71. The van der Waals surface area contributed by atoms with Gasteiger partial charge in [0.05, 0.1) is 0 Å². The van der Waals surface area contributed by atoms with Crippen molar-refractivity contribution < 1.29 is 0 Å². The minimum atomic E-state index is 0.650. The number of nitrogens with zero attached hydrogens (tertiary/aromatic N) is 2. The van der Waals surface area contributed by atoms with Gasteiger partial charge in [-0.25, -0.2) is 0 Å². The van der Waals surface area contributed by atoms with Crippen LogP contribution in [0.15, 0.2) is 11.6 Å². The molecule has 2 saturated heterocycles. The lowest BCUT2D eigenvalue weighted by Gasteiger charge is -2.36. The van der Waals surface area contributed by atoms with Gasteiger partial charge in [0.2, 0.25) is 0 Å². The monoisotopic (exact) mass is 250 g/mol. The summed E-state index contributed by atoms with van der Waals surface area (Å²) in [6.07, 6.45) is 10.8. The van der Waals surface area contributed by atoms with Crippen LogP contribution in [0.5, 0.6) is 0 Å². The van der Waals surface area contributed by atoms with E-state index < -0.39 is 0 Å². The maximum absolute atomic E-state index is 2.68. The van der Waals surface area contributed by atoms with Crippen molar-refractivity contribution in [2.45, 2.75) is 58.4 Å². The van der Waals surface area contributed by atoms with Crippen LogP contribution < -0.4 is 0 Å². The van der Waals surface area contributed by atoms with Gasteiger partial charge in [-0.05, 0) is 71.3 Å². The van der Waals surface area contributed by atoms with Crippen molar-refractivity contribution in [1.82, 2.24) is 9.80 Å². The molecule has 0 spiro atoms. The Bertz CT molecular complexity index is 260. The fourth-order valence-corrected chi connectivity index (χ4v) is 3.38. The third kappa shape index (κ3) is 3.83. The number of rotatable bonds is 4. The lowest BCUT2D eigenvalue weighted by molar-refractivity contribution is 0.177. The summed E-state index contributed by atoms with van der Waals surface area (Å²) in [5.74, 6) is 0. The zero-order chi connectivity index (χ0) is 12.8. The van der Waals surface area contributed by atoms with E-state index in [1.807, 2.05) is 0 Å². The average Bonchev–Trinajstić information content (AvgIpc) is 2.46. The van der Waals surface area contributed by atoms with E-state index in [1.54, 1.807) is 5.57 Å². The van der Waals surface area contributed by atoms with E-state index in [0.29, 0.717) is 6.04 Å². The summed E-state index contributed by atoms with van der Waals surface area (Å²) in [6, 6.07) is 0.650. The summed E-state index contributed by atoms with van der Waals surface area (Å²) in [5, 5.41) is 0. The molecule has 2 heterocycles. The molecule has 2 heteroatoms. The average molecular weight is 250 g/mol. The zero-order valence-corrected chi connectivity index (χ0v) is 12.3. The van der Waals surface area contributed by atoms with Gasteiger partial charge in [0.25, 0.3) is 0 Å². The van der Waals surface area contributed by atoms with Crippen molar-refractivity contribution in [3.8, 4) is 0 Å². The smallest absolute Gasteiger partial charge is 0.0291 e. The van der Waals surface area contributed by atoms with Crippen molar-refractivity contribution in [3.63, 3.8) is 0 Å². The number of allylic oxidation sites excluding steroid dienone is 1. The van der Waals surface area contributed by atoms with Crippen LogP contribution in [0.3, 0.4) is 0 Å². The molecule has 0 amide bonds. The highest BCUT2D eigenvalue weighted by atomic mass is 15.2. The summed E-state index contributed by atoms with van der Waals surface area (Å²) in [6.45, 7) is 11.1. The molecular weight excluding hydrogens is 220 g/mol. The minimum Gasteiger partial charge on any atom is -0.299 e. The molecule has 0 aromatic carbocycles. The summed E-state index contributed by atoms with van der Waals surface area (Å²) in [7, 11) is 0. The second kappa shape index (κ2) is 7.30. The topological polar surface area (TPSA) is 6.48 Å². The standard InChI is InChI=1S/C16H30N2/c1-3-16(14-17-10-6-4-7-11-17)15(2)18-12-8-5-9-13-18/h3,15H,4-14H2,1-2H3. The van der Waals surface area contributed by atoms with E-state index in [0.717, 1.165) is 0 Å². The van der Waals surface area contributed by atoms with Crippen LogP contribution >= 0.6 is 0 Å². The Morgan fingerprint density at radius 2 is 1.50 bits per heavy atom. The maximum Gasteiger partial charge on any atom is 0.0291 e. The summed E-state index contributed by atoms with van der Waals surface area (Å²) < 4.78 is 0. The molecule has 2 aliphatic heterocycles. The Labute approximate surface area is 113 Å². The normalized spacial score (nSPS) is 26.2. The first-order chi connectivity index (χ1) is 8.81. The summed E-state index contributed by atoms with van der Waals surface area (Å²) in [4.78, 5) is 5.34. The highest BCUT2D eigenvalue weighted by molar-refractivity contribution is 5.11. The van der Waals surface area contributed by atoms with Crippen LogP contribution in [0.25, 0.3) is 0 Å². The quantitative estimate of drug-likeness (QED) is 0.706. The first-order valence-electron chi connectivity index (χ1n) is 7.92. The molecule has 0 bridgehead atoms. The molecule has 1 atom stereocenters. The number of piperidine rings is 2. The van der Waals surface area contributed by atoms with E-state index in [-0.39, 0.29) is 0 Å². The van der Waals surface area contributed by atoms with Crippen molar-refractivity contribution in [1.29, 1.82) is 0 Å². The molecule has 18 heavy (non-hydrogen) atoms. The van der Waals surface area contributed by atoms with Gasteiger partial charge in [-0.3, -0.25) is 9.80 Å². The lowest BCUT2D eigenvalue weighted by Crippen LogP contribution is -2.42. The molecule has 0 aromatic rings. The van der Waals surface area contributed by atoms with Crippen LogP contribution in [0.4, 0.5) is 0 Å². The van der Waals surface area contributed by atoms with Gasteiger partial charge in [0.1, 0.15) is 0 Å². The van der Waals surface area contributed by atoms with Gasteiger partial charge < -0.3 is 0 Å². The van der Waals surface area contributed by atoms with Crippen LogP contribution in [0.2, 0.25) is 0 Å². The molecule has 2 aliphatic rings. The SMILES string of the molecule is CC=C(CN1CCCCC1)C(C)N1CCCCC1. The second-order valence-corrected chi connectivity index (χ2v) is 5.97. The number of hydrogen-bond acceptors (Lipinski definition) is 2. The van der Waals surface area contributed by atoms with E-state index >= 15 is 0 Å². The molecule has 2 fully saturated rings. The van der Waals surface area contributed by atoms with Crippen molar-refractivity contribution >= 4 is 0 Å². The Morgan fingerprint density at radius 1 is 0.944 bits per heavy atom. The van der Waals surface area contributed by atoms with Gasteiger partial charge in [0.15, 0.2) is 0 Å². The first kappa shape index (κ1) is 14.1. The predicted octanol–water partition coefficient (Wildman–Crippen LogP) is 3.29. The first-order valence-corrected chi connectivity index (χ1v) is 7.92. The minimum absolute atomic E-state index is 0.650. The van der Waals surface area contributed by atoms with Gasteiger partial charge in [-0.15, -0.1) is 0 Å². The molecule has 0 radical (unpaired) electrons. The molecule has 0 saturated carbocycles. The zero-order valence-electron chi connectivity index (χ0n) is 12.3. The van der Waals surface area contributed by atoms with Gasteiger partial charge in [-0.2, -0.15) is 0 Å². The van der Waals surface area contributed by atoms with Crippen LogP contribution in [0.1, 0.15) is 52.4 Å². The van der Waals surface area contributed by atoms with Crippen LogP contribution in [-0.2, 0) is 0 Å². The van der Waals surface area contributed by atoms with E-state index in [2.05, 4.69) is 29.7 Å². The van der Waals surface area contributed by atoms with Crippen LogP contribution in [0, 0.1) is 0 Å². The Hall–Kier alpha value is -0.340. The fourth-order valence-electron chi connectivity index (χ4n) is 3.38. The van der Waals surface area contributed by atoms with Crippen molar-refractivity contribution in [3.05, 3.63) is 11.6 Å². The molecular formula is C16H30N2. The lowest BCUT2D eigenvalue weighted by atomic mass is 10.0. The highest BCUT2D eigenvalue weighted by Crippen LogP contribution is 2.19. The molecule has 1 unspecified atom stereocenters. The third-order valence-electron chi connectivity index (χ3n) is 4.70. The number of hydrogen-bond donors (Lipinski definition) is 0. The number of likely N-dealkylation sites (tertiary alicyclic amines) is 2. The van der Waals surface area contributed by atoms with Gasteiger partial charge >= 0.3 is 0 Å². The second-order valence-electron chi connectivity index (χ2n) is 5.97. The predicted molar refractivity (Wildman–Crippen MR) is 78.9 cm³/mol. The van der Waals surface area contributed by atoms with E-state index in [4.69, 9.17) is 0 Å². The summed E-state index contributed by atoms with van der Waals surface area (Å²) >= 11 is 0. The fraction of sp³-hybridized carbons (Fsp3) is 0.875. The molecule has 0 N–H and O–H groups in total. The molecule has 0 aromatic heterocycles. The van der Waals surface area contributed by atoms with Crippen molar-refractivity contribution in [2.75, 3.05) is 32.7 Å². The Balaban J connectivity index is 1.86. The molecule has 2 rings (SSSR count). The van der Waals surface area contributed by atoms with Crippen LogP contribution in [-0.4, -0.2) is 48.6 Å².